The van der Waals surface area contributed by atoms with Crippen LogP contribution in [0.3, 0.4) is 0 Å². The Morgan fingerprint density at radius 1 is 1.12 bits per heavy atom. The lowest BCUT2D eigenvalue weighted by Gasteiger charge is -2.04. The molecular formula is C14H12O3. The van der Waals surface area contributed by atoms with Crippen LogP contribution in [0.4, 0.5) is 0 Å². The number of furan rings is 2. The zero-order chi connectivity index (χ0) is 11.7. The fourth-order valence-corrected chi connectivity index (χ4v) is 1.89. The van der Waals surface area contributed by atoms with Crippen LogP contribution in [0.2, 0.25) is 0 Å². The first-order chi connectivity index (χ1) is 8.33. The quantitative estimate of drug-likeness (QED) is 0.748. The second-order valence-corrected chi connectivity index (χ2v) is 3.99. The highest BCUT2D eigenvalue weighted by molar-refractivity contribution is 5.77. The molecule has 0 aliphatic carbocycles. The Hall–Kier alpha value is -2.00. The largest absolute Gasteiger partial charge is 0.469 e. The number of para-hydroxylation sites is 1. The number of aliphatic hydroxyl groups is 1. The van der Waals surface area contributed by atoms with Crippen molar-refractivity contribution in [1.29, 1.82) is 0 Å². The van der Waals surface area contributed by atoms with Gasteiger partial charge in [-0.1, -0.05) is 18.2 Å². The third-order valence-corrected chi connectivity index (χ3v) is 2.75. The van der Waals surface area contributed by atoms with Gasteiger partial charge in [0.1, 0.15) is 23.2 Å². The number of hydrogen-bond acceptors (Lipinski definition) is 3. The summed E-state index contributed by atoms with van der Waals surface area (Å²) in [5.74, 6) is 1.32. The monoisotopic (exact) mass is 228 g/mol. The smallest absolute Gasteiger partial charge is 0.134 e. The van der Waals surface area contributed by atoms with Gasteiger partial charge in [0.2, 0.25) is 0 Å². The van der Waals surface area contributed by atoms with E-state index in [0.29, 0.717) is 12.2 Å². The predicted octanol–water partition coefficient (Wildman–Crippen LogP) is 3.30. The van der Waals surface area contributed by atoms with Crippen LogP contribution >= 0.6 is 0 Å². The normalized spacial score (nSPS) is 13.0. The van der Waals surface area contributed by atoms with Gasteiger partial charge in [-0.2, -0.15) is 0 Å². The van der Waals surface area contributed by atoms with E-state index >= 15 is 0 Å². The van der Waals surface area contributed by atoms with Gasteiger partial charge < -0.3 is 13.9 Å². The van der Waals surface area contributed by atoms with Crippen molar-refractivity contribution < 1.29 is 13.9 Å². The van der Waals surface area contributed by atoms with Crippen molar-refractivity contribution in [2.45, 2.75) is 12.5 Å². The Morgan fingerprint density at radius 3 is 2.76 bits per heavy atom. The summed E-state index contributed by atoms with van der Waals surface area (Å²) in [5, 5.41) is 11.0. The van der Waals surface area contributed by atoms with Gasteiger partial charge in [-0.05, 0) is 24.3 Å². The zero-order valence-electron chi connectivity index (χ0n) is 9.17. The highest BCUT2D eigenvalue weighted by Gasteiger charge is 2.15. The molecule has 0 saturated heterocycles. The van der Waals surface area contributed by atoms with Crippen LogP contribution in [0.5, 0.6) is 0 Å². The minimum atomic E-state index is -0.673. The van der Waals surface area contributed by atoms with Crippen molar-refractivity contribution in [3.05, 3.63) is 60.2 Å². The second kappa shape index (κ2) is 4.11. The van der Waals surface area contributed by atoms with Crippen molar-refractivity contribution >= 4 is 11.0 Å². The summed E-state index contributed by atoms with van der Waals surface area (Å²) in [6.07, 6.45) is 1.35. The lowest BCUT2D eigenvalue weighted by atomic mass is 10.1. The summed E-state index contributed by atoms with van der Waals surface area (Å²) in [6.45, 7) is 0. The molecule has 0 amide bonds. The molecule has 0 aliphatic heterocycles. The van der Waals surface area contributed by atoms with E-state index in [-0.39, 0.29) is 0 Å². The van der Waals surface area contributed by atoms with E-state index in [1.807, 2.05) is 36.4 Å². The Labute approximate surface area is 98.3 Å². The molecule has 17 heavy (non-hydrogen) atoms. The van der Waals surface area contributed by atoms with Gasteiger partial charge in [-0.25, -0.2) is 0 Å². The first-order valence-corrected chi connectivity index (χ1v) is 5.52. The van der Waals surface area contributed by atoms with E-state index in [2.05, 4.69) is 0 Å². The molecule has 2 aromatic heterocycles. The molecule has 0 radical (unpaired) electrons. The fourth-order valence-electron chi connectivity index (χ4n) is 1.89. The van der Waals surface area contributed by atoms with Crippen LogP contribution in [-0.2, 0) is 6.42 Å². The number of hydrogen-bond donors (Lipinski definition) is 1. The predicted molar refractivity (Wildman–Crippen MR) is 63.6 cm³/mol. The maximum atomic E-state index is 10.0. The highest BCUT2D eigenvalue weighted by Crippen LogP contribution is 2.25. The van der Waals surface area contributed by atoms with Crippen LogP contribution in [0.1, 0.15) is 17.6 Å². The van der Waals surface area contributed by atoms with Crippen LogP contribution in [0.25, 0.3) is 11.0 Å². The summed E-state index contributed by atoms with van der Waals surface area (Å²) < 4.78 is 10.8. The molecule has 0 aliphatic rings. The maximum Gasteiger partial charge on any atom is 0.134 e. The first-order valence-electron chi connectivity index (χ1n) is 5.52. The molecule has 1 atom stereocenters. The average Bonchev–Trinajstić information content (AvgIpc) is 2.96. The molecule has 0 fully saturated rings. The van der Waals surface area contributed by atoms with Gasteiger partial charge in [0, 0.05) is 11.8 Å². The molecule has 0 spiro atoms. The van der Waals surface area contributed by atoms with Crippen molar-refractivity contribution in [3.8, 4) is 0 Å². The third-order valence-electron chi connectivity index (χ3n) is 2.75. The lowest BCUT2D eigenvalue weighted by molar-refractivity contribution is 0.146. The first kappa shape index (κ1) is 10.2. The molecule has 0 saturated carbocycles. The lowest BCUT2D eigenvalue weighted by Crippen LogP contribution is -1.98. The molecule has 1 aromatic carbocycles. The average molecular weight is 228 g/mol. The van der Waals surface area contributed by atoms with Gasteiger partial charge in [0.15, 0.2) is 0 Å². The van der Waals surface area contributed by atoms with Crippen molar-refractivity contribution in [1.82, 2.24) is 0 Å². The van der Waals surface area contributed by atoms with Gasteiger partial charge >= 0.3 is 0 Å². The summed E-state index contributed by atoms with van der Waals surface area (Å²) >= 11 is 0. The van der Waals surface area contributed by atoms with Crippen molar-refractivity contribution in [2.24, 2.45) is 0 Å². The highest BCUT2D eigenvalue weighted by atomic mass is 16.4. The summed E-state index contributed by atoms with van der Waals surface area (Å²) in [7, 11) is 0. The standard InChI is InChI=1S/C14H12O3/c15-12(9-11-5-3-7-16-11)14-8-10-4-1-2-6-13(10)17-14/h1-8,12,15H,9H2. The Morgan fingerprint density at radius 2 is 2.00 bits per heavy atom. The molecule has 3 rings (SSSR count). The third kappa shape index (κ3) is 1.97. The van der Waals surface area contributed by atoms with Crippen LogP contribution < -0.4 is 0 Å². The van der Waals surface area contributed by atoms with E-state index in [1.165, 1.54) is 0 Å². The van der Waals surface area contributed by atoms with Crippen LogP contribution in [0.15, 0.2) is 57.6 Å². The molecule has 3 aromatic rings. The van der Waals surface area contributed by atoms with E-state index < -0.39 is 6.10 Å². The summed E-state index contributed by atoms with van der Waals surface area (Å²) in [6, 6.07) is 13.2. The summed E-state index contributed by atoms with van der Waals surface area (Å²) in [4.78, 5) is 0. The minimum absolute atomic E-state index is 0.423. The van der Waals surface area contributed by atoms with Crippen LogP contribution in [0, 0.1) is 0 Å². The van der Waals surface area contributed by atoms with Gasteiger partial charge in [0.05, 0.1) is 6.26 Å². The van der Waals surface area contributed by atoms with E-state index in [1.54, 1.807) is 12.3 Å². The Bertz CT molecular complexity index is 574. The molecule has 1 unspecified atom stereocenters. The number of benzene rings is 1. The topological polar surface area (TPSA) is 46.5 Å². The second-order valence-electron chi connectivity index (χ2n) is 3.99. The maximum absolute atomic E-state index is 10.0. The number of fused-ring (bicyclic) bond motifs is 1. The minimum Gasteiger partial charge on any atom is -0.469 e. The molecule has 3 nitrogen and oxygen atoms in total. The van der Waals surface area contributed by atoms with Gasteiger partial charge in [-0.3, -0.25) is 0 Å². The SMILES string of the molecule is OC(Cc1ccco1)c1cc2ccccc2o1. The molecule has 86 valence electrons. The van der Waals surface area contributed by atoms with E-state index in [0.717, 1.165) is 16.7 Å². The number of aliphatic hydroxyl groups excluding tert-OH is 1. The van der Waals surface area contributed by atoms with E-state index in [9.17, 15) is 5.11 Å². The molecule has 1 N–H and O–H groups in total. The van der Waals surface area contributed by atoms with Crippen molar-refractivity contribution in [3.63, 3.8) is 0 Å². The summed E-state index contributed by atoms with van der Waals surface area (Å²) in [5.41, 5.74) is 0.793. The number of rotatable bonds is 3. The fraction of sp³-hybridized carbons (Fsp3) is 0.143. The molecule has 3 heteroatoms. The van der Waals surface area contributed by atoms with Gasteiger partial charge in [-0.15, -0.1) is 0 Å². The molecule has 2 heterocycles. The Balaban J connectivity index is 1.88. The van der Waals surface area contributed by atoms with Crippen LogP contribution in [-0.4, -0.2) is 5.11 Å². The van der Waals surface area contributed by atoms with Gasteiger partial charge in [0.25, 0.3) is 0 Å². The molecule has 0 bridgehead atoms. The van der Waals surface area contributed by atoms with E-state index in [4.69, 9.17) is 8.83 Å². The Kier molecular flexibility index (Phi) is 2.46. The van der Waals surface area contributed by atoms with Crippen molar-refractivity contribution in [2.75, 3.05) is 0 Å². The zero-order valence-corrected chi connectivity index (χ0v) is 9.17. The molecular weight excluding hydrogens is 216 g/mol.